The zero-order valence-electron chi connectivity index (χ0n) is 13.2. The molecule has 1 fully saturated rings. The summed E-state index contributed by atoms with van der Waals surface area (Å²) in [6, 6.07) is 7.89. The fourth-order valence-corrected chi connectivity index (χ4v) is 5.63. The highest BCUT2D eigenvalue weighted by molar-refractivity contribution is 7.92. The molecule has 0 amide bonds. The summed E-state index contributed by atoms with van der Waals surface area (Å²) >= 11 is 5.24. The van der Waals surface area contributed by atoms with Crippen molar-refractivity contribution in [3.8, 4) is 0 Å². The molecule has 0 bridgehead atoms. The molecular formula is C16H23NO3S2. The molecule has 1 saturated carbocycles. The fourth-order valence-electron chi connectivity index (χ4n) is 3.17. The van der Waals surface area contributed by atoms with Gasteiger partial charge in [0.15, 0.2) is 9.84 Å². The summed E-state index contributed by atoms with van der Waals surface area (Å²) < 4.78 is 30.6. The van der Waals surface area contributed by atoms with Crippen molar-refractivity contribution >= 4 is 27.0 Å². The lowest BCUT2D eigenvalue weighted by atomic mass is 9.99. The molecule has 0 spiro atoms. The zero-order chi connectivity index (χ0) is 16.5. The van der Waals surface area contributed by atoms with Gasteiger partial charge < -0.3 is 10.5 Å². The Labute approximate surface area is 138 Å². The van der Waals surface area contributed by atoms with E-state index in [2.05, 4.69) is 0 Å². The summed E-state index contributed by atoms with van der Waals surface area (Å²) in [5.41, 5.74) is 7.27. The Hall–Kier alpha value is -0.980. The molecule has 22 heavy (non-hydrogen) atoms. The molecule has 0 aliphatic heterocycles. The third-order valence-corrected chi connectivity index (χ3v) is 7.14. The molecule has 6 heteroatoms. The average molecular weight is 341 g/mol. The molecule has 2 N–H and O–H groups in total. The number of sulfone groups is 1. The normalized spacial score (nSPS) is 27.6. The van der Waals surface area contributed by atoms with Crippen LogP contribution >= 0.6 is 12.2 Å². The van der Waals surface area contributed by atoms with E-state index in [9.17, 15) is 8.42 Å². The first kappa shape index (κ1) is 17.4. The average Bonchev–Trinajstić information content (AvgIpc) is 3.17. The molecule has 3 atom stereocenters. The first-order valence-electron chi connectivity index (χ1n) is 7.47. The van der Waals surface area contributed by atoms with Crippen molar-refractivity contribution in [3.05, 3.63) is 35.4 Å². The maximum atomic E-state index is 12.5. The Kier molecular flexibility index (Phi) is 4.94. The van der Waals surface area contributed by atoms with Crippen LogP contribution in [0.3, 0.4) is 0 Å². The van der Waals surface area contributed by atoms with Gasteiger partial charge in [-0.1, -0.05) is 49.0 Å². The molecule has 0 heterocycles. The van der Waals surface area contributed by atoms with Crippen LogP contribution in [0, 0.1) is 12.3 Å². The highest BCUT2D eigenvalue weighted by Crippen LogP contribution is 2.63. The second-order valence-corrected chi connectivity index (χ2v) is 8.65. The van der Waals surface area contributed by atoms with Gasteiger partial charge in [-0.3, -0.25) is 0 Å². The number of nitrogens with two attached hydrogens (primary N) is 1. The minimum atomic E-state index is -3.26. The molecule has 1 aliphatic rings. The Morgan fingerprint density at radius 1 is 1.32 bits per heavy atom. The topological polar surface area (TPSA) is 69.4 Å². The quantitative estimate of drug-likeness (QED) is 0.770. The molecule has 2 rings (SSSR count). The van der Waals surface area contributed by atoms with Crippen molar-refractivity contribution in [3.63, 3.8) is 0 Å². The minimum absolute atomic E-state index is 0.0799. The van der Waals surface area contributed by atoms with Crippen LogP contribution in [0.2, 0.25) is 0 Å². The lowest BCUT2D eigenvalue weighted by molar-refractivity contribution is 0.121. The van der Waals surface area contributed by atoms with Gasteiger partial charge in [-0.15, -0.1) is 0 Å². The van der Waals surface area contributed by atoms with Crippen LogP contribution in [0.15, 0.2) is 24.3 Å². The number of hydrogen-bond donors (Lipinski definition) is 1. The van der Waals surface area contributed by atoms with Gasteiger partial charge in [-0.2, -0.15) is 0 Å². The molecule has 1 aromatic carbocycles. The van der Waals surface area contributed by atoms with E-state index in [0.717, 1.165) is 11.1 Å². The monoisotopic (exact) mass is 341 g/mol. The minimum Gasteiger partial charge on any atom is -0.393 e. The van der Waals surface area contributed by atoms with E-state index in [0.29, 0.717) is 6.61 Å². The SMILES string of the molecule is CCOC[C@@]1(C(N)=S)[C@H](S(=O)(=O)CC)[C@@H]1c1ccc(C)cc1. The van der Waals surface area contributed by atoms with Crippen LogP contribution in [0.1, 0.15) is 30.9 Å². The lowest BCUT2D eigenvalue weighted by Gasteiger charge is -2.16. The molecule has 0 aromatic heterocycles. The predicted octanol–water partition coefficient (Wildman–Crippen LogP) is 2.20. The van der Waals surface area contributed by atoms with Gasteiger partial charge in [0.1, 0.15) is 0 Å². The van der Waals surface area contributed by atoms with Gasteiger partial charge in [-0.05, 0) is 19.4 Å². The number of hydrogen-bond acceptors (Lipinski definition) is 4. The second-order valence-electron chi connectivity index (χ2n) is 5.80. The standard InChI is InChI=1S/C16H23NO3S2/c1-4-20-10-16(15(17)21)13(14(16)22(18,19)5-2)12-8-6-11(3)7-9-12/h6-9,13-14H,4-5,10H2,1-3H3,(H2,17,21)/t13-,14+,16-/m0/s1. The first-order valence-corrected chi connectivity index (χ1v) is 9.59. The third kappa shape index (κ3) is 2.79. The molecule has 0 unspecified atom stereocenters. The van der Waals surface area contributed by atoms with E-state index in [1.165, 1.54) is 0 Å². The van der Waals surface area contributed by atoms with E-state index in [-0.39, 0.29) is 23.3 Å². The van der Waals surface area contributed by atoms with Crippen molar-refractivity contribution in [2.75, 3.05) is 19.0 Å². The summed E-state index contributed by atoms with van der Waals surface area (Å²) in [5.74, 6) is -0.140. The van der Waals surface area contributed by atoms with E-state index in [1.807, 2.05) is 38.1 Å². The first-order chi connectivity index (χ1) is 10.3. The molecule has 122 valence electrons. The maximum Gasteiger partial charge on any atom is 0.154 e. The van der Waals surface area contributed by atoms with Crippen LogP contribution in [0.4, 0.5) is 0 Å². The number of rotatable bonds is 7. The van der Waals surface area contributed by atoms with Gasteiger partial charge in [-0.25, -0.2) is 8.42 Å². The molecule has 1 aromatic rings. The highest BCUT2D eigenvalue weighted by atomic mass is 32.2. The van der Waals surface area contributed by atoms with Gasteiger partial charge >= 0.3 is 0 Å². The molecule has 4 nitrogen and oxygen atoms in total. The molecule has 1 aliphatic carbocycles. The Morgan fingerprint density at radius 3 is 2.36 bits per heavy atom. The molecule has 0 radical (unpaired) electrons. The summed E-state index contributed by atoms with van der Waals surface area (Å²) in [4.78, 5) is 0.230. The Morgan fingerprint density at radius 2 is 1.91 bits per heavy atom. The fraction of sp³-hybridized carbons (Fsp3) is 0.562. The highest BCUT2D eigenvalue weighted by Gasteiger charge is 2.72. The van der Waals surface area contributed by atoms with Gasteiger partial charge in [0, 0.05) is 18.3 Å². The Balaban J connectivity index is 2.48. The van der Waals surface area contributed by atoms with Gasteiger partial charge in [0.25, 0.3) is 0 Å². The summed E-state index contributed by atoms with van der Waals surface area (Å²) in [6.45, 7) is 6.29. The lowest BCUT2D eigenvalue weighted by Crippen LogP contribution is -2.34. The van der Waals surface area contributed by atoms with Crippen molar-refractivity contribution < 1.29 is 13.2 Å². The number of aryl methyl sites for hydroxylation is 1. The van der Waals surface area contributed by atoms with Crippen LogP contribution in [0.25, 0.3) is 0 Å². The van der Waals surface area contributed by atoms with Crippen LogP contribution in [0.5, 0.6) is 0 Å². The number of benzene rings is 1. The van der Waals surface area contributed by atoms with E-state index in [4.69, 9.17) is 22.7 Å². The largest absolute Gasteiger partial charge is 0.393 e. The summed E-state index contributed by atoms with van der Waals surface area (Å²) in [5, 5.41) is -0.586. The van der Waals surface area contributed by atoms with Crippen LogP contribution in [-0.4, -0.2) is 37.6 Å². The third-order valence-electron chi connectivity index (χ3n) is 4.49. The van der Waals surface area contributed by atoms with Crippen molar-refractivity contribution in [1.29, 1.82) is 0 Å². The van der Waals surface area contributed by atoms with Crippen molar-refractivity contribution in [1.82, 2.24) is 0 Å². The van der Waals surface area contributed by atoms with E-state index < -0.39 is 20.5 Å². The summed E-state index contributed by atoms with van der Waals surface area (Å²) in [7, 11) is -3.26. The van der Waals surface area contributed by atoms with Gasteiger partial charge in [0.05, 0.1) is 22.3 Å². The second kappa shape index (κ2) is 6.26. The van der Waals surface area contributed by atoms with Crippen molar-refractivity contribution in [2.45, 2.75) is 31.9 Å². The van der Waals surface area contributed by atoms with E-state index >= 15 is 0 Å². The molecular weight excluding hydrogens is 318 g/mol. The molecule has 0 saturated heterocycles. The predicted molar refractivity (Wildman–Crippen MR) is 92.9 cm³/mol. The number of thiocarbonyl (C=S) groups is 1. The number of ether oxygens (including phenoxy) is 1. The maximum absolute atomic E-state index is 12.5. The summed E-state index contributed by atoms with van der Waals surface area (Å²) in [6.07, 6.45) is 0. The van der Waals surface area contributed by atoms with Crippen LogP contribution in [-0.2, 0) is 14.6 Å². The van der Waals surface area contributed by atoms with Crippen molar-refractivity contribution in [2.24, 2.45) is 11.1 Å². The van der Waals surface area contributed by atoms with Gasteiger partial charge in [0.2, 0.25) is 0 Å². The van der Waals surface area contributed by atoms with E-state index in [1.54, 1.807) is 6.92 Å². The smallest absolute Gasteiger partial charge is 0.154 e. The Bertz CT molecular complexity index is 654. The zero-order valence-corrected chi connectivity index (χ0v) is 14.8. The van der Waals surface area contributed by atoms with Crippen LogP contribution < -0.4 is 5.73 Å².